The van der Waals surface area contributed by atoms with E-state index < -0.39 is 24.0 Å². The fraction of sp³-hybridized carbons (Fsp3) is 0.359. The molecule has 0 bridgehead atoms. The lowest BCUT2D eigenvalue weighted by atomic mass is 9.96. The molecule has 0 aliphatic carbocycles. The van der Waals surface area contributed by atoms with E-state index in [1.165, 1.54) is 24.2 Å². The first kappa shape index (κ1) is 40.5. The van der Waals surface area contributed by atoms with Crippen molar-refractivity contribution in [1.29, 1.82) is 10.5 Å². The molecule has 16 heteroatoms. The number of amides is 1. The van der Waals surface area contributed by atoms with Gasteiger partial charge in [-0.1, -0.05) is 53.7 Å². The van der Waals surface area contributed by atoms with Crippen LogP contribution in [0.25, 0.3) is 21.7 Å². The molecule has 55 heavy (non-hydrogen) atoms. The predicted molar refractivity (Wildman–Crippen MR) is 214 cm³/mol. The second-order valence-corrected chi connectivity index (χ2v) is 14.7. The molecule has 0 saturated carbocycles. The second-order valence-electron chi connectivity index (χ2n) is 12.9. The second kappa shape index (κ2) is 19.6. The third kappa shape index (κ3) is 10.9. The number of thioether (sulfide) groups is 1. The number of nitriles is 2. The van der Waals surface area contributed by atoms with Gasteiger partial charge in [-0.25, -0.2) is 14.8 Å². The number of aryl methyl sites for hydroxylation is 1. The highest BCUT2D eigenvalue weighted by atomic mass is 32.2. The van der Waals surface area contributed by atoms with Crippen molar-refractivity contribution >= 4 is 46.8 Å². The average molecular weight is 781 g/mol. The molecule has 1 aliphatic rings. The number of aromatic nitrogens is 2. The van der Waals surface area contributed by atoms with E-state index in [4.69, 9.17) is 36.6 Å². The fourth-order valence-corrected chi connectivity index (χ4v) is 7.64. The molecule has 286 valence electrons. The zero-order valence-corrected chi connectivity index (χ0v) is 32.4. The van der Waals surface area contributed by atoms with E-state index in [1.54, 1.807) is 35.6 Å². The van der Waals surface area contributed by atoms with Gasteiger partial charge in [0, 0.05) is 41.9 Å². The maximum atomic E-state index is 12.5. The van der Waals surface area contributed by atoms with Crippen molar-refractivity contribution in [2.24, 2.45) is 22.2 Å². The van der Waals surface area contributed by atoms with Crippen LogP contribution in [-0.4, -0.2) is 72.7 Å². The van der Waals surface area contributed by atoms with E-state index in [9.17, 15) is 20.1 Å². The minimum Gasteiger partial charge on any atom is -0.490 e. The minimum atomic E-state index is -0.911. The highest BCUT2D eigenvalue weighted by Gasteiger charge is 2.27. The number of pyridine rings is 1. The van der Waals surface area contributed by atoms with E-state index in [-0.39, 0.29) is 19.2 Å². The molecular formula is C39H44N10O4S2. The highest BCUT2D eigenvalue weighted by Crippen LogP contribution is 2.40. The van der Waals surface area contributed by atoms with Gasteiger partial charge in [-0.3, -0.25) is 9.79 Å². The van der Waals surface area contributed by atoms with Crippen molar-refractivity contribution in [2.75, 3.05) is 37.7 Å². The van der Waals surface area contributed by atoms with Gasteiger partial charge >= 0.3 is 5.97 Å². The van der Waals surface area contributed by atoms with E-state index >= 15 is 0 Å². The molecule has 3 heterocycles. The van der Waals surface area contributed by atoms with Gasteiger partial charge in [0.15, 0.2) is 5.96 Å². The van der Waals surface area contributed by atoms with Crippen LogP contribution in [0.4, 0.5) is 5.82 Å². The SMILES string of the molecule is Cc1ccc(-c2nc(CSc3nc(N4CCCC4)c(C#N)c(-c4ccc(OCCOC(=O)[C@H](C)NC(=O)[C@@H](N)CCCN=C(N)N)cc4)c3C#N)cs2)cc1. The van der Waals surface area contributed by atoms with Crippen molar-refractivity contribution in [3.8, 4) is 39.6 Å². The van der Waals surface area contributed by atoms with Gasteiger partial charge in [-0.2, -0.15) is 10.5 Å². The summed E-state index contributed by atoms with van der Waals surface area (Å²) in [7, 11) is 0. The number of nitrogens with one attached hydrogen (secondary N) is 1. The number of anilines is 1. The number of carbonyl (C=O) groups is 2. The number of guanidine groups is 1. The van der Waals surface area contributed by atoms with E-state index in [0.717, 1.165) is 42.2 Å². The standard InChI is InChI=1S/C39H44N10O4S2/c1-24-7-9-27(10-8-24)36-47-28(22-54-36)23-55-37-31(21-41)33(30(20-40)34(48-37)49-16-3-4-17-49)26-11-13-29(14-12-26)52-18-19-53-38(51)25(2)46-35(50)32(42)6-5-15-45-39(43)44/h7-14,22,25,32H,3-6,15-19,23,42H2,1-2H3,(H,46,50)(H4,43,44,45)/t25-,32-/m0/s1. The van der Waals surface area contributed by atoms with E-state index in [0.29, 0.717) is 64.0 Å². The first-order valence-corrected chi connectivity index (χ1v) is 19.7. The Labute approximate surface area is 328 Å². The van der Waals surface area contributed by atoms with Gasteiger partial charge in [0.2, 0.25) is 5.91 Å². The van der Waals surface area contributed by atoms with Gasteiger partial charge in [0.1, 0.15) is 58.6 Å². The van der Waals surface area contributed by atoms with E-state index in [1.807, 2.05) is 5.38 Å². The number of hydrogen-bond acceptors (Lipinski definition) is 13. The maximum Gasteiger partial charge on any atom is 0.328 e. The van der Waals surface area contributed by atoms with Crippen LogP contribution in [0.1, 0.15) is 55.0 Å². The Morgan fingerprint density at radius 1 is 1.02 bits per heavy atom. The summed E-state index contributed by atoms with van der Waals surface area (Å²) >= 11 is 3.01. The Hall–Kier alpha value is -5.68. The summed E-state index contributed by atoms with van der Waals surface area (Å²) in [4.78, 5) is 40.6. The lowest BCUT2D eigenvalue weighted by Crippen LogP contribution is -2.47. The minimum absolute atomic E-state index is 0.0319. The molecule has 0 spiro atoms. The first-order chi connectivity index (χ1) is 26.6. The lowest BCUT2D eigenvalue weighted by Gasteiger charge is -2.22. The first-order valence-electron chi connectivity index (χ1n) is 17.9. The molecule has 14 nitrogen and oxygen atoms in total. The van der Waals surface area contributed by atoms with Crippen molar-refractivity contribution in [1.82, 2.24) is 15.3 Å². The largest absolute Gasteiger partial charge is 0.490 e. The summed E-state index contributed by atoms with van der Waals surface area (Å²) in [6.45, 7) is 5.46. The number of benzene rings is 2. The molecule has 2 aromatic carbocycles. The molecule has 7 N–H and O–H groups in total. The Morgan fingerprint density at radius 2 is 1.71 bits per heavy atom. The molecule has 0 radical (unpaired) electrons. The molecule has 0 unspecified atom stereocenters. The van der Waals surface area contributed by atoms with Crippen molar-refractivity contribution in [2.45, 2.75) is 62.4 Å². The van der Waals surface area contributed by atoms with Crippen LogP contribution in [0, 0.1) is 29.6 Å². The molecule has 1 fully saturated rings. The average Bonchev–Trinajstić information content (AvgIpc) is 3.90. The van der Waals surface area contributed by atoms with Crippen molar-refractivity contribution < 1.29 is 19.1 Å². The molecule has 2 atom stereocenters. The van der Waals surface area contributed by atoms with Crippen molar-refractivity contribution in [3.63, 3.8) is 0 Å². The Morgan fingerprint density at radius 3 is 2.38 bits per heavy atom. The van der Waals surface area contributed by atoms with Crippen molar-refractivity contribution in [3.05, 3.63) is 76.3 Å². The molecule has 1 aliphatic heterocycles. The van der Waals surface area contributed by atoms with Gasteiger partial charge < -0.3 is 36.9 Å². The van der Waals surface area contributed by atoms with E-state index in [2.05, 4.69) is 58.5 Å². The van der Waals surface area contributed by atoms with Crippen LogP contribution in [0.5, 0.6) is 5.75 Å². The molecule has 4 aromatic rings. The van der Waals surface area contributed by atoms with Crippen LogP contribution >= 0.6 is 23.1 Å². The zero-order valence-electron chi connectivity index (χ0n) is 30.8. The summed E-state index contributed by atoms with van der Waals surface area (Å²) in [5, 5.41) is 27.0. The summed E-state index contributed by atoms with van der Waals surface area (Å²) in [6, 6.07) is 18.3. The van der Waals surface area contributed by atoms with Gasteiger partial charge in [-0.15, -0.1) is 11.3 Å². The lowest BCUT2D eigenvalue weighted by molar-refractivity contribution is -0.148. The topological polar surface area (TPSA) is 232 Å². The maximum absolute atomic E-state index is 12.5. The summed E-state index contributed by atoms with van der Waals surface area (Å²) in [6.07, 6.45) is 2.85. The Kier molecular flexibility index (Phi) is 14.4. The Balaban J connectivity index is 1.23. The number of esters is 1. The van der Waals surface area contributed by atoms with Crippen LogP contribution in [0.2, 0.25) is 0 Å². The van der Waals surface area contributed by atoms with Crippen LogP contribution < -0.4 is 32.2 Å². The number of rotatable bonds is 17. The monoisotopic (exact) mass is 780 g/mol. The quantitative estimate of drug-likeness (QED) is 0.0377. The summed E-state index contributed by atoms with van der Waals surface area (Å²) < 4.78 is 11.1. The van der Waals surface area contributed by atoms with Gasteiger partial charge in [0.05, 0.1) is 17.3 Å². The number of nitrogens with zero attached hydrogens (tertiary/aromatic N) is 6. The van der Waals surface area contributed by atoms with Gasteiger partial charge in [-0.05, 0) is 57.2 Å². The molecule has 5 rings (SSSR count). The molecule has 2 aromatic heterocycles. The molecule has 1 saturated heterocycles. The normalized spacial score (nSPS) is 13.3. The number of carbonyl (C=O) groups excluding carboxylic acids is 2. The van der Waals surface area contributed by atoms with Crippen LogP contribution in [-0.2, 0) is 20.1 Å². The van der Waals surface area contributed by atoms with Crippen LogP contribution in [0.15, 0.2) is 63.9 Å². The highest BCUT2D eigenvalue weighted by molar-refractivity contribution is 7.98. The number of thiazole rings is 1. The third-order valence-corrected chi connectivity index (χ3v) is 10.7. The number of ether oxygens (including phenoxy) is 2. The molecular weight excluding hydrogens is 737 g/mol. The third-order valence-electron chi connectivity index (χ3n) is 8.74. The van der Waals surface area contributed by atoms with Crippen LogP contribution in [0.3, 0.4) is 0 Å². The number of nitrogens with two attached hydrogens (primary N) is 3. The fourth-order valence-electron chi connectivity index (χ4n) is 5.83. The van der Waals surface area contributed by atoms with Gasteiger partial charge in [0.25, 0.3) is 0 Å². The summed E-state index contributed by atoms with van der Waals surface area (Å²) in [5.41, 5.74) is 21.5. The smallest absolute Gasteiger partial charge is 0.328 e. The summed E-state index contributed by atoms with van der Waals surface area (Å²) in [5.74, 6) is 0.440. The Bertz CT molecular complexity index is 2060. The number of hydrogen-bond donors (Lipinski definition) is 4. The number of aliphatic imine (C=N–C) groups is 1. The zero-order chi connectivity index (χ0) is 39.3. The molecule has 1 amide bonds. The predicted octanol–water partition coefficient (Wildman–Crippen LogP) is 4.62.